The van der Waals surface area contributed by atoms with Crippen molar-refractivity contribution in [1.82, 2.24) is 29.3 Å². The fourth-order valence-corrected chi connectivity index (χ4v) is 2.98. The molecule has 4 rings (SSSR count). The minimum atomic E-state index is 0.116. The van der Waals surface area contributed by atoms with Crippen LogP contribution in [0.3, 0.4) is 0 Å². The summed E-state index contributed by atoms with van der Waals surface area (Å²) < 4.78 is 3.62. The first-order chi connectivity index (χ1) is 12.6. The van der Waals surface area contributed by atoms with Gasteiger partial charge in [-0.2, -0.15) is 5.10 Å². The zero-order valence-corrected chi connectivity index (χ0v) is 14.6. The van der Waals surface area contributed by atoms with Gasteiger partial charge in [-0.25, -0.2) is 4.98 Å². The SMILES string of the molecule is Cn1cc(CC(=O)Cc2cc3cc(-c4cncn4C)ncc3cn2)cn1. The Kier molecular flexibility index (Phi) is 4.04. The topological polar surface area (TPSA) is 78.5 Å². The quantitative estimate of drug-likeness (QED) is 0.553. The van der Waals surface area contributed by atoms with E-state index in [4.69, 9.17) is 0 Å². The van der Waals surface area contributed by atoms with Gasteiger partial charge in [0.25, 0.3) is 0 Å². The Labute approximate surface area is 150 Å². The Bertz CT molecular complexity index is 1090. The van der Waals surface area contributed by atoms with Crippen molar-refractivity contribution in [2.45, 2.75) is 12.8 Å². The standard InChI is InChI=1S/C19H18N6O/c1-24-12-20-10-19(24)18-5-14-4-16(21-8-15(14)9-22-18)6-17(26)3-13-7-23-25(2)11-13/h4-5,7-12H,3,6H2,1-2H3. The second-order valence-electron chi connectivity index (χ2n) is 6.40. The van der Waals surface area contributed by atoms with Gasteiger partial charge in [0.15, 0.2) is 0 Å². The fraction of sp³-hybridized carbons (Fsp3) is 0.211. The van der Waals surface area contributed by atoms with Crippen LogP contribution in [0.5, 0.6) is 0 Å². The van der Waals surface area contributed by atoms with E-state index in [-0.39, 0.29) is 5.78 Å². The first-order valence-electron chi connectivity index (χ1n) is 8.29. The van der Waals surface area contributed by atoms with Gasteiger partial charge in [-0.05, 0) is 23.1 Å². The molecule has 0 spiro atoms. The largest absolute Gasteiger partial charge is 0.332 e. The molecular weight excluding hydrogens is 328 g/mol. The number of rotatable bonds is 5. The van der Waals surface area contributed by atoms with E-state index in [1.165, 1.54) is 0 Å². The lowest BCUT2D eigenvalue weighted by Gasteiger charge is -2.05. The normalized spacial score (nSPS) is 11.2. The average Bonchev–Trinajstić information content (AvgIpc) is 3.22. The highest BCUT2D eigenvalue weighted by Gasteiger charge is 2.10. The van der Waals surface area contributed by atoms with E-state index >= 15 is 0 Å². The number of nitrogens with zero attached hydrogens (tertiary/aromatic N) is 6. The molecule has 0 aliphatic heterocycles. The molecule has 0 aromatic carbocycles. The molecule has 0 unspecified atom stereocenters. The van der Waals surface area contributed by atoms with Crippen LogP contribution >= 0.6 is 0 Å². The summed E-state index contributed by atoms with van der Waals surface area (Å²) in [5.41, 5.74) is 3.46. The highest BCUT2D eigenvalue weighted by Crippen LogP contribution is 2.21. The van der Waals surface area contributed by atoms with Crippen LogP contribution in [-0.2, 0) is 31.7 Å². The van der Waals surface area contributed by atoms with Crippen molar-refractivity contribution in [2.75, 3.05) is 0 Å². The Morgan fingerprint density at radius 2 is 1.85 bits per heavy atom. The van der Waals surface area contributed by atoms with Crippen LogP contribution in [0.2, 0.25) is 0 Å². The van der Waals surface area contributed by atoms with Crippen molar-refractivity contribution in [3.8, 4) is 11.4 Å². The van der Waals surface area contributed by atoms with Crippen molar-refractivity contribution in [2.24, 2.45) is 14.1 Å². The van der Waals surface area contributed by atoms with Crippen LogP contribution in [0.1, 0.15) is 11.3 Å². The Morgan fingerprint density at radius 3 is 2.58 bits per heavy atom. The molecule has 7 heteroatoms. The summed E-state index contributed by atoms with van der Waals surface area (Å²) in [7, 11) is 3.77. The number of hydrogen-bond acceptors (Lipinski definition) is 5. The molecule has 0 amide bonds. The number of Topliss-reactive ketones (excluding diaryl/α,β-unsaturated/α-hetero) is 1. The van der Waals surface area contributed by atoms with Crippen molar-refractivity contribution >= 4 is 16.6 Å². The van der Waals surface area contributed by atoms with Crippen LogP contribution < -0.4 is 0 Å². The Morgan fingerprint density at radius 1 is 1.00 bits per heavy atom. The van der Waals surface area contributed by atoms with Crippen molar-refractivity contribution < 1.29 is 4.79 Å². The summed E-state index contributed by atoms with van der Waals surface area (Å²) in [6, 6.07) is 3.96. The van der Waals surface area contributed by atoms with E-state index in [2.05, 4.69) is 20.1 Å². The molecule has 7 nitrogen and oxygen atoms in total. The second kappa shape index (κ2) is 6.51. The molecule has 130 valence electrons. The van der Waals surface area contributed by atoms with Crippen LogP contribution in [-0.4, -0.2) is 35.1 Å². The first kappa shape index (κ1) is 16.1. The van der Waals surface area contributed by atoms with Gasteiger partial charge < -0.3 is 4.57 Å². The third-order valence-corrected chi connectivity index (χ3v) is 4.28. The van der Waals surface area contributed by atoms with Crippen molar-refractivity contribution in [3.63, 3.8) is 0 Å². The zero-order chi connectivity index (χ0) is 18.1. The maximum absolute atomic E-state index is 12.3. The molecule has 0 aliphatic rings. The van der Waals surface area contributed by atoms with E-state index in [0.29, 0.717) is 12.8 Å². The van der Waals surface area contributed by atoms with Gasteiger partial charge in [0, 0.05) is 56.6 Å². The van der Waals surface area contributed by atoms with Crippen molar-refractivity contribution in [1.29, 1.82) is 0 Å². The molecule has 4 aromatic heterocycles. The summed E-state index contributed by atoms with van der Waals surface area (Å²) >= 11 is 0. The molecule has 0 atom stereocenters. The number of imidazole rings is 1. The maximum Gasteiger partial charge on any atom is 0.143 e. The number of aryl methyl sites for hydroxylation is 2. The molecular formula is C19H18N6O. The van der Waals surface area contributed by atoms with Crippen LogP contribution in [0.4, 0.5) is 0 Å². The number of fused-ring (bicyclic) bond motifs is 1. The molecule has 0 fully saturated rings. The minimum Gasteiger partial charge on any atom is -0.332 e. The lowest BCUT2D eigenvalue weighted by atomic mass is 10.1. The second-order valence-corrected chi connectivity index (χ2v) is 6.40. The summed E-state index contributed by atoms with van der Waals surface area (Å²) in [5, 5.41) is 6.05. The number of pyridine rings is 2. The summed E-state index contributed by atoms with van der Waals surface area (Å²) in [6.07, 6.45) is 11.3. The number of ketones is 1. The molecule has 4 aromatic rings. The Hall–Kier alpha value is -3.35. The lowest BCUT2D eigenvalue weighted by Crippen LogP contribution is -2.07. The van der Waals surface area contributed by atoms with Crippen molar-refractivity contribution in [3.05, 3.63) is 60.7 Å². The molecule has 26 heavy (non-hydrogen) atoms. The molecule has 0 N–H and O–H groups in total. The van der Waals surface area contributed by atoms with Crippen LogP contribution in [0.15, 0.2) is 49.4 Å². The summed E-state index contributed by atoms with van der Waals surface area (Å²) in [6.45, 7) is 0. The van der Waals surface area contributed by atoms with Gasteiger partial charge in [-0.15, -0.1) is 0 Å². The van der Waals surface area contributed by atoms with Gasteiger partial charge in [0.1, 0.15) is 5.78 Å². The molecule has 4 heterocycles. The molecule has 0 bridgehead atoms. The van der Waals surface area contributed by atoms with E-state index in [9.17, 15) is 4.79 Å². The average molecular weight is 346 g/mol. The van der Waals surface area contributed by atoms with E-state index < -0.39 is 0 Å². The predicted octanol–water partition coefficient (Wildman–Crippen LogP) is 2.12. The monoisotopic (exact) mass is 346 g/mol. The van der Waals surface area contributed by atoms with E-state index in [0.717, 1.165) is 33.4 Å². The van der Waals surface area contributed by atoms with Crippen LogP contribution in [0, 0.1) is 0 Å². The fourth-order valence-electron chi connectivity index (χ4n) is 2.98. The van der Waals surface area contributed by atoms with E-state index in [1.807, 2.05) is 37.0 Å². The number of carbonyl (C=O) groups is 1. The van der Waals surface area contributed by atoms with Gasteiger partial charge >= 0.3 is 0 Å². The smallest absolute Gasteiger partial charge is 0.143 e. The molecule has 0 saturated carbocycles. The summed E-state index contributed by atoms with van der Waals surface area (Å²) in [4.78, 5) is 25.3. The lowest BCUT2D eigenvalue weighted by molar-refractivity contribution is -0.117. The summed E-state index contributed by atoms with van der Waals surface area (Å²) in [5.74, 6) is 0.116. The number of hydrogen-bond donors (Lipinski definition) is 0. The number of aromatic nitrogens is 6. The first-order valence-corrected chi connectivity index (χ1v) is 8.29. The molecule has 0 aliphatic carbocycles. The third kappa shape index (κ3) is 3.23. The van der Waals surface area contributed by atoms with Gasteiger partial charge in [-0.1, -0.05) is 0 Å². The number of carbonyl (C=O) groups excluding carboxylic acids is 1. The van der Waals surface area contributed by atoms with Gasteiger partial charge in [0.2, 0.25) is 0 Å². The maximum atomic E-state index is 12.3. The van der Waals surface area contributed by atoms with Gasteiger partial charge in [0.05, 0.1) is 30.1 Å². The molecule has 0 saturated heterocycles. The van der Waals surface area contributed by atoms with E-state index in [1.54, 1.807) is 35.8 Å². The van der Waals surface area contributed by atoms with Gasteiger partial charge in [-0.3, -0.25) is 19.4 Å². The zero-order valence-electron chi connectivity index (χ0n) is 14.6. The highest BCUT2D eigenvalue weighted by atomic mass is 16.1. The highest BCUT2D eigenvalue weighted by molar-refractivity contribution is 5.87. The van der Waals surface area contributed by atoms with Crippen LogP contribution in [0.25, 0.3) is 22.2 Å². The predicted molar refractivity (Wildman–Crippen MR) is 97.4 cm³/mol. The molecule has 0 radical (unpaired) electrons. The minimum absolute atomic E-state index is 0.116. The Balaban J connectivity index is 1.58. The third-order valence-electron chi connectivity index (χ3n) is 4.28.